The summed E-state index contributed by atoms with van der Waals surface area (Å²) in [6, 6.07) is 19.7. The Morgan fingerprint density at radius 1 is 1.00 bits per heavy atom. The van der Waals surface area contributed by atoms with Crippen LogP contribution in [0.3, 0.4) is 0 Å². The van der Waals surface area contributed by atoms with Gasteiger partial charge in [-0.2, -0.15) is 0 Å². The lowest BCUT2D eigenvalue weighted by Crippen LogP contribution is -2.21. The second-order valence-corrected chi connectivity index (χ2v) is 8.44. The van der Waals surface area contributed by atoms with E-state index in [1.165, 1.54) is 5.80 Å². The van der Waals surface area contributed by atoms with Gasteiger partial charge in [-0.25, -0.2) is 4.79 Å². The summed E-state index contributed by atoms with van der Waals surface area (Å²) in [5.41, 5.74) is 0. The predicted molar refractivity (Wildman–Crippen MR) is 106 cm³/mol. The molecule has 0 aromatic heterocycles. The lowest BCUT2D eigenvalue weighted by Gasteiger charge is -2.28. The fourth-order valence-corrected chi connectivity index (χ4v) is 6.43. The van der Waals surface area contributed by atoms with E-state index in [4.69, 9.17) is 0 Å². The largest absolute Gasteiger partial charge is 0.478 e. The Kier molecular flexibility index (Phi) is 6.17. The highest BCUT2D eigenvalue weighted by Gasteiger charge is 2.26. The molecule has 2 aromatic carbocycles. The fourth-order valence-electron chi connectivity index (χ4n) is 2.74. The molecule has 0 bridgehead atoms. The average molecular weight is 336 g/mol. The van der Waals surface area contributed by atoms with Gasteiger partial charge in [0.25, 0.3) is 0 Å². The molecule has 0 aliphatic heterocycles. The predicted octanol–water partition coefficient (Wildman–Crippen LogP) is 4.19. The first-order valence-corrected chi connectivity index (χ1v) is 9.55. The first kappa shape index (κ1) is 17.8. The Labute approximate surface area is 143 Å². The van der Waals surface area contributed by atoms with E-state index >= 15 is 0 Å². The monoisotopic (exact) mass is 336 g/mol. The first-order valence-electron chi connectivity index (χ1n) is 7.70. The molecule has 0 saturated heterocycles. The molecular weight excluding hydrogens is 315 g/mol. The van der Waals surface area contributed by atoms with Gasteiger partial charge in [0.15, 0.2) is 0 Å². The van der Waals surface area contributed by atoms with Crippen LogP contribution in [0.2, 0.25) is 0 Å². The van der Waals surface area contributed by atoms with E-state index in [2.05, 4.69) is 6.58 Å². The summed E-state index contributed by atoms with van der Waals surface area (Å²) >= 11 is 0. The number of benzene rings is 2. The van der Waals surface area contributed by atoms with Crippen molar-refractivity contribution in [3.05, 3.63) is 96.9 Å². The van der Waals surface area contributed by atoms with E-state index in [9.17, 15) is 9.90 Å². The summed E-state index contributed by atoms with van der Waals surface area (Å²) in [6.07, 6.45) is 7.54. The lowest BCUT2D eigenvalue weighted by molar-refractivity contribution is -0.128. The number of rotatable bonds is 6. The Hall–Kier alpha value is -2.57. The van der Waals surface area contributed by atoms with E-state index in [-0.39, 0.29) is 0 Å². The fraction of sp³-hybridized carbons (Fsp3) is 0.0476. The highest BCUT2D eigenvalue weighted by atomic mass is 31.2. The molecule has 0 unspecified atom stereocenters. The van der Waals surface area contributed by atoms with E-state index in [0.29, 0.717) is 0 Å². The Morgan fingerprint density at radius 3 is 1.88 bits per heavy atom. The van der Waals surface area contributed by atoms with Crippen molar-refractivity contribution in [1.82, 2.24) is 0 Å². The third-order valence-electron chi connectivity index (χ3n) is 3.66. The van der Waals surface area contributed by atoms with Crippen LogP contribution in [0, 0.1) is 0 Å². The standard InChI is InChI=1S/C21H21O2P/c1-3-11-18(12-4-2)24(17-21(22)23,19-13-7-5-8-14-19)20-15-9-6-10-16-20/h3-17H,1H2,2H3,(H,22,23)/b12-4-,18-11+. The van der Waals surface area contributed by atoms with Crippen LogP contribution in [-0.4, -0.2) is 16.9 Å². The Morgan fingerprint density at radius 2 is 1.50 bits per heavy atom. The summed E-state index contributed by atoms with van der Waals surface area (Å²) in [5, 5.41) is 12.6. The van der Waals surface area contributed by atoms with E-state index in [1.54, 1.807) is 6.08 Å². The van der Waals surface area contributed by atoms with Crippen molar-refractivity contribution in [3.8, 4) is 0 Å². The van der Waals surface area contributed by atoms with Crippen molar-refractivity contribution < 1.29 is 9.90 Å². The zero-order chi connectivity index (χ0) is 17.4. The van der Waals surface area contributed by atoms with Crippen LogP contribution in [0.15, 0.2) is 96.9 Å². The van der Waals surface area contributed by atoms with Gasteiger partial charge >= 0.3 is 5.97 Å². The minimum atomic E-state index is -2.42. The van der Waals surface area contributed by atoms with Crippen LogP contribution in [0.4, 0.5) is 0 Å². The molecule has 122 valence electrons. The summed E-state index contributed by atoms with van der Waals surface area (Å²) < 4.78 is 0. The molecule has 0 saturated carbocycles. The molecule has 0 spiro atoms. The number of allylic oxidation sites excluding steroid dienone is 5. The van der Waals surface area contributed by atoms with Crippen molar-refractivity contribution in [2.75, 3.05) is 0 Å². The summed E-state index contributed by atoms with van der Waals surface area (Å²) in [5.74, 6) is 0.544. The summed E-state index contributed by atoms with van der Waals surface area (Å²) in [7, 11) is 0. The summed E-state index contributed by atoms with van der Waals surface area (Å²) in [6.45, 7) is 3.32. The highest BCUT2D eigenvalue weighted by molar-refractivity contribution is 7.92. The molecule has 0 atom stereocenters. The van der Waals surface area contributed by atoms with Crippen molar-refractivity contribution >= 4 is 29.3 Å². The summed E-state index contributed by atoms with van der Waals surface area (Å²) in [4.78, 5) is 11.8. The van der Waals surface area contributed by atoms with Crippen LogP contribution in [0.1, 0.15) is 6.92 Å². The van der Waals surface area contributed by atoms with Crippen LogP contribution in [0.25, 0.3) is 0 Å². The van der Waals surface area contributed by atoms with Gasteiger partial charge in [0, 0.05) is 5.80 Å². The molecular formula is C21H21O2P. The normalized spacial score (nSPS) is 12.1. The van der Waals surface area contributed by atoms with Crippen molar-refractivity contribution in [1.29, 1.82) is 0 Å². The van der Waals surface area contributed by atoms with Crippen LogP contribution in [0.5, 0.6) is 0 Å². The molecule has 2 aromatic rings. The number of hydrogen-bond acceptors (Lipinski definition) is 1. The molecule has 0 amide bonds. The molecule has 0 aliphatic rings. The minimum absolute atomic E-state index is 0.921. The molecule has 1 N–H and O–H groups in total. The second kappa shape index (κ2) is 8.33. The molecule has 0 radical (unpaired) electrons. The number of hydrogen-bond donors (Lipinski definition) is 1. The zero-order valence-corrected chi connectivity index (χ0v) is 14.6. The first-order chi connectivity index (χ1) is 11.6. The Bertz CT molecular complexity index is 772. The van der Waals surface area contributed by atoms with Crippen LogP contribution >= 0.6 is 6.89 Å². The molecule has 0 fully saturated rings. The molecule has 3 heteroatoms. The van der Waals surface area contributed by atoms with Gasteiger partial charge in [-0.15, -0.1) is 0 Å². The third kappa shape index (κ3) is 3.67. The van der Waals surface area contributed by atoms with Crippen molar-refractivity contribution in [2.24, 2.45) is 0 Å². The molecule has 0 aliphatic carbocycles. The SMILES string of the molecule is C=C/C=C(\C=C/C)P(=CC(=O)O)(c1ccccc1)c1ccccc1. The number of carbonyl (C=O) groups is 1. The maximum Gasteiger partial charge on any atom is 0.329 e. The van der Waals surface area contributed by atoms with Crippen molar-refractivity contribution in [2.45, 2.75) is 6.92 Å². The number of carboxylic acid groups (broad SMARTS) is 1. The molecule has 0 heterocycles. The van der Waals surface area contributed by atoms with Gasteiger partial charge in [-0.05, 0) is 29.7 Å². The van der Waals surface area contributed by atoms with Gasteiger partial charge < -0.3 is 5.11 Å². The third-order valence-corrected chi connectivity index (χ3v) is 7.61. The second-order valence-electron chi connectivity index (χ2n) is 5.19. The number of aliphatic carboxylic acids is 1. The Balaban J connectivity index is 2.98. The van der Waals surface area contributed by atoms with E-state index in [1.807, 2.05) is 85.8 Å². The topological polar surface area (TPSA) is 37.3 Å². The average Bonchev–Trinajstić information content (AvgIpc) is 2.61. The maximum atomic E-state index is 11.8. The minimum Gasteiger partial charge on any atom is -0.478 e. The maximum absolute atomic E-state index is 11.8. The van der Waals surface area contributed by atoms with Gasteiger partial charge in [-0.3, -0.25) is 0 Å². The molecule has 2 nitrogen and oxygen atoms in total. The highest BCUT2D eigenvalue weighted by Crippen LogP contribution is 2.53. The van der Waals surface area contributed by atoms with E-state index < -0.39 is 12.9 Å². The van der Waals surface area contributed by atoms with E-state index in [0.717, 1.165) is 15.9 Å². The number of carboxylic acids is 1. The lowest BCUT2D eigenvalue weighted by atomic mass is 10.4. The zero-order valence-electron chi connectivity index (χ0n) is 13.7. The quantitative estimate of drug-likeness (QED) is 0.634. The van der Waals surface area contributed by atoms with Crippen LogP contribution < -0.4 is 10.6 Å². The van der Waals surface area contributed by atoms with Gasteiger partial charge in [0.1, 0.15) is 0 Å². The van der Waals surface area contributed by atoms with Gasteiger partial charge in [-0.1, -0.05) is 91.5 Å². The molecule has 24 heavy (non-hydrogen) atoms. The van der Waals surface area contributed by atoms with Crippen LogP contribution in [-0.2, 0) is 4.79 Å². The smallest absolute Gasteiger partial charge is 0.329 e. The molecule has 2 rings (SSSR count). The van der Waals surface area contributed by atoms with Crippen molar-refractivity contribution in [3.63, 3.8) is 0 Å². The van der Waals surface area contributed by atoms with Gasteiger partial charge in [0.05, 0.1) is 0 Å². The van der Waals surface area contributed by atoms with Gasteiger partial charge in [0.2, 0.25) is 0 Å².